The average Bonchev–Trinajstić information content (AvgIpc) is 2.35. The van der Waals surface area contributed by atoms with Gasteiger partial charge in [0.05, 0.1) is 7.11 Å². The van der Waals surface area contributed by atoms with Crippen LogP contribution in [0.1, 0.15) is 19.4 Å². The highest BCUT2D eigenvalue weighted by atomic mass is 19.1. The van der Waals surface area contributed by atoms with Crippen LogP contribution in [0.2, 0.25) is 0 Å². The molecular formula is C15H24FNO2. The molecule has 1 aromatic carbocycles. The zero-order valence-corrected chi connectivity index (χ0v) is 12.2. The SMILES string of the molecule is COc1ccc(F)cc1CN(C)CC(CO)C(C)C. The first-order valence-corrected chi connectivity index (χ1v) is 6.59. The Hall–Kier alpha value is -1.13. The van der Waals surface area contributed by atoms with Crippen molar-refractivity contribution in [3.63, 3.8) is 0 Å². The predicted molar refractivity (Wildman–Crippen MR) is 74.7 cm³/mol. The molecule has 0 fully saturated rings. The minimum atomic E-state index is -0.258. The molecule has 1 aromatic rings. The van der Waals surface area contributed by atoms with Gasteiger partial charge in [-0.05, 0) is 37.1 Å². The summed E-state index contributed by atoms with van der Waals surface area (Å²) in [6.07, 6.45) is 0. The van der Waals surface area contributed by atoms with Crippen LogP contribution in [0, 0.1) is 17.7 Å². The molecule has 0 spiro atoms. The zero-order valence-electron chi connectivity index (χ0n) is 12.2. The lowest BCUT2D eigenvalue weighted by Gasteiger charge is -2.25. The summed E-state index contributed by atoms with van der Waals surface area (Å²) in [5.74, 6) is 1.08. The largest absolute Gasteiger partial charge is 0.496 e. The monoisotopic (exact) mass is 269 g/mol. The Labute approximate surface area is 115 Å². The van der Waals surface area contributed by atoms with Crippen molar-refractivity contribution >= 4 is 0 Å². The Kier molecular flexibility index (Phi) is 6.25. The zero-order chi connectivity index (χ0) is 14.4. The van der Waals surface area contributed by atoms with Gasteiger partial charge in [0.1, 0.15) is 11.6 Å². The Morgan fingerprint density at radius 2 is 2.05 bits per heavy atom. The number of aliphatic hydroxyl groups is 1. The van der Waals surface area contributed by atoms with E-state index in [0.717, 1.165) is 12.1 Å². The maximum atomic E-state index is 13.3. The van der Waals surface area contributed by atoms with Crippen LogP contribution >= 0.6 is 0 Å². The van der Waals surface area contributed by atoms with E-state index >= 15 is 0 Å². The standard InChI is InChI=1S/C15H24FNO2/c1-11(2)13(10-18)9-17(3)8-12-7-14(16)5-6-15(12)19-4/h5-7,11,13,18H,8-10H2,1-4H3. The van der Waals surface area contributed by atoms with Crippen LogP contribution in [-0.2, 0) is 6.54 Å². The number of benzene rings is 1. The topological polar surface area (TPSA) is 32.7 Å². The summed E-state index contributed by atoms with van der Waals surface area (Å²) in [5, 5.41) is 9.34. The van der Waals surface area contributed by atoms with Gasteiger partial charge in [0, 0.05) is 25.3 Å². The van der Waals surface area contributed by atoms with Crippen LogP contribution in [0.25, 0.3) is 0 Å². The molecule has 1 rings (SSSR count). The van der Waals surface area contributed by atoms with Crippen molar-refractivity contribution in [2.24, 2.45) is 11.8 Å². The molecule has 0 aliphatic carbocycles. The van der Waals surface area contributed by atoms with Crippen LogP contribution in [0.5, 0.6) is 5.75 Å². The number of nitrogens with zero attached hydrogens (tertiary/aromatic N) is 1. The van der Waals surface area contributed by atoms with Gasteiger partial charge < -0.3 is 14.7 Å². The van der Waals surface area contributed by atoms with Crippen LogP contribution in [0.4, 0.5) is 4.39 Å². The molecule has 1 atom stereocenters. The third-order valence-electron chi connectivity index (χ3n) is 3.41. The second-order valence-electron chi connectivity index (χ2n) is 5.34. The molecule has 1 N–H and O–H groups in total. The summed E-state index contributed by atoms with van der Waals surface area (Å²) in [5.41, 5.74) is 0.824. The summed E-state index contributed by atoms with van der Waals surface area (Å²) in [6, 6.07) is 4.54. The van der Waals surface area contributed by atoms with Crippen LogP contribution in [0.15, 0.2) is 18.2 Å². The van der Waals surface area contributed by atoms with Crippen molar-refractivity contribution in [2.45, 2.75) is 20.4 Å². The van der Waals surface area contributed by atoms with Gasteiger partial charge in [0.15, 0.2) is 0 Å². The number of halogens is 1. The van der Waals surface area contributed by atoms with E-state index in [4.69, 9.17) is 4.74 Å². The molecule has 0 aliphatic rings. The lowest BCUT2D eigenvalue weighted by Crippen LogP contribution is -2.30. The van der Waals surface area contributed by atoms with Crippen molar-refractivity contribution in [2.75, 3.05) is 27.3 Å². The first-order chi connectivity index (χ1) is 8.97. The molecule has 1 unspecified atom stereocenters. The summed E-state index contributed by atoms with van der Waals surface area (Å²) >= 11 is 0. The minimum Gasteiger partial charge on any atom is -0.496 e. The molecule has 3 nitrogen and oxygen atoms in total. The molecule has 0 saturated carbocycles. The first kappa shape index (κ1) is 15.9. The van der Waals surface area contributed by atoms with Crippen molar-refractivity contribution in [1.82, 2.24) is 4.90 Å². The normalized spacial score (nSPS) is 13.1. The van der Waals surface area contributed by atoms with Crippen LogP contribution in [0.3, 0.4) is 0 Å². The fourth-order valence-electron chi connectivity index (χ4n) is 2.11. The van der Waals surface area contributed by atoms with E-state index in [1.807, 2.05) is 7.05 Å². The molecule has 0 heterocycles. The molecule has 19 heavy (non-hydrogen) atoms. The first-order valence-electron chi connectivity index (χ1n) is 6.59. The summed E-state index contributed by atoms with van der Waals surface area (Å²) in [7, 11) is 3.55. The van der Waals surface area contributed by atoms with E-state index in [2.05, 4.69) is 18.7 Å². The molecule has 4 heteroatoms. The van der Waals surface area contributed by atoms with Crippen LogP contribution in [-0.4, -0.2) is 37.3 Å². The van der Waals surface area contributed by atoms with Gasteiger partial charge in [-0.3, -0.25) is 0 Å². The number of ether oxygens (including phenoxy) is 1. The van der Waals surface area contributed by atoms with Gasteiger partial charge in [-0.25, -0.2) is 4.39 Å². The van der Waals surface area contributed by atoms with E-state index < -0.39 is 0 Å². The molecule has 0 bridgehead atoms. The van der Waals surface area contributed by atoms with Gasteiger partial charge in [0.25, 0.3) is 0 Å². The molecule has 0 aromatic heterocycles. The van der Waals surface area contributed by atoms with Crippen molar-refractivity contribution in [3.8, 4) is 5.75 Å². The van der Waals surface area contributed by atoms with Crippen LogP contribution < -0.4 is 4.74 Å². The van der Waals surface area contributed by atoms with Crippen molar-refractivity contribution < 1.29 is 14.2 Å². The fourth-order valence-corrected chi connectivity index (χ4v) is 2.11. The van der Waals surface area contributed by atoms with Gasteiger partial charge in [-0.2, -0.15) is 0 Å². The minimum absolute atomic E-state index is 0.169. The molecule has 0 radical (unpaired) electrons. The smallest absolute Gasteiger partial charge is 0.123 e. The second-order valence-corrected chi connectivity index (χ2v) is 5.34. The number of rotatable bonds is 7. The summed E-state index contributed by atoms with van der Waals surface area (Å²) < 4.78 is 18.5. The third kappa shape index (κ3) is 4.80. The highest BCUT2D eigenvalue weighted by Crippen LogP contribution is 2.21. The van der Waals surface area contributed by atoms with Gasteiger partial charge in [0.2, 0.25) is 0 Å². The maximum Gasteiger partial charge on any atom is 0.123 e. The van der Waals surface area contributed by atoms with E-state index in [0.29, 0.717) is 18.2 Å². The third-order valence-corrected chi connectivity index (χ3v) is 3.41. The van der Waals surface area contributed by atoms with E-state index in [1.54, 1.807) is 13.2 Å². The van der Waals surface area contributed by atoms with Gasteiger partial charge >= 0.3 is 0 Å². The number of methoxy groups -OCH3 is 1. The number of hydrogen-bond acceptors (Lipinski definition) is 3. The van der Waals surface area contributed by atoms with Crippen molar-refractivity contribution in [1.29, 1.82) is 0 Å². The van der Waals surface area contributed by atoms with E-state index in [9.17, 15) is 9.50 Å². The summed E-state index contributed by atoms with van der Waals surface area (Å²) in [4.78, 5) is 2.08. The quantitative estimate of drug-likeness (QED) is 0.825. The highest BCUT2D eigenvalue weighted by molar-refractivity contribution is 5.33. The lowest BCUT2D eigenvalue weighted by molar-refractivity contribution is 0.143. The molecule has 0 amide bonds. The van der Waals surface area contributed by atoms with Gasteiger partial charge in [-0.15, -0.1) is 0 Å². The molecule has 108 valence electrons. The van der Waals surface area contributed by atoms with E-state index in [1.165, 1.54) is 12.1 Å². The second kappa shape index (κ2) is 7.46. The maximum absolute atomic E-state index is 13.3. The Morgan fingerprint density at radius 1 is 1.37 bits per heavy atom. The Bertz CT molecular complexity index is 396. The fraction of sp³-hybridized carbons (Fsp3) is 0.600. The number of hydrogen-bond donors (Lipinski definition) is 1. The summed E-state index contributed by atoms with van der Waals surface area (Å²) in [6.45, 7) is 5.73. The van der Waals surface area contributed by atoms with Gasteiger partial charge in [-0.1, -0.05) is 13.8 Å². The number of aliphatic hydroxyl groups excluding tert-OH is 1. The predicted octanol–water partition coefficient (Wildman–Crippen LogP) is 2.53. The average molecular weight is 269 g/mol. The molecular weight excluding hydrogens is 245 g/mol. The molecule has 0 saturated heterocycles. The Balaban J connectivity index is 2.70. The van der Waals surface area contributed by atoms with Crippen molar-refractivity contribution in [3.05, 3.63) is 29.6 Å². The van der Waals surface area contributed by atoms with E-state index in [-0.39, 0.29) is 18.3 Å². The highest BCUT2D eigenvalue weighted by Gasteiger charge is 2.16. The molecule has 0 aliphatic heterocycles. The lowest BCUT2D eigenvalue weighted by atomic mass is 9.96. The Morgan fingerprint density at radius 3 is 2.58 bits per heavy atom.